The number of rotatable bonds is 10. The molecule has 3 aromatic carbocycles. The molecule has 0 saturated carbocycles. The minimum absolute atomic E-state index is 0.325. The summed E-state index contributed by atoms with van der Waals surface area (Å²) in [6.45, 7) is 3.98. The molecule has 3 rings (SSSR count). The minimum atomic E-state index is -0.532. The van der Waals surface area contributed by atoms with Gasteiger partial charge in [-0.2, -0.15) is 5.10 Å². The number of carbonyl (C=O) groups excluding carboxylic acids is 2. The summed E-state index contributed by atoms with van der Waals surface area (Å²) in [7, 11) is 3.01. The summed E-state index contributed by atoms with van der Waals surface area (Å²) in [5, 5.41) is 3.96. The molecule has 0 heterocycles. The van der Waals surface area contributed by atoms with Gasteiger partial charge in [-0.15, -0.1) is 0 Å². The summed E-state index contributed by atoms with van der Waals surface area (Å²) in [5.41, 5.74) is 3.94. The van der Waals surface area contributed by atoms with Crippen LogP contribution in [0.4, 0.5) is 0 Å². The van der Waals surface area contributed by atoms with Crippen LogP contribution in [-0.2, 0) is 0 Å². The minimum Gasteiger partial charge on any atom is -0.493 e. The summed E-state index contributed by atoms with van der Waals surface area (Å²) < 4.78 is 21.2. The second-order valence-electron chi connectivity index (χ2n) is 6.85. The van der Waals surface area contributed by atoms with E-state index in [2.05, 4.69) is 17.1 Å². The summed E-state index contributed by atoms with van der Waals surface area (Å²) >= 11 is 0. The molecule has 8 nitrogen and oxygen atoms in total. The van der Waals surface area contributed by atoms with E-state index in [0.717, 1.165) is 0 Å². The molecule has 0 spiro atoms. The van der Waals surface area contributed by atoms with Crippen molar-refractivity contribution >= 4 is 18.1 Å². The van der Waals surface area contributed by atoms with Gasteiger partial charge in [0.05, 0.1) is 26.0 Å². The molecule has 0 fully saturated rings. The molecule has 0 unspecified atom stereocenters. The molecule has 1 amide bonds. The van der Waals surface area contributed by atoms with Crippen LogP contribution in [0.3, 0.4) is 0 Å². The van der Waals surface area contributed by atoms with Crippen LogP contribution in [0.15, 0.2) is 84.5 Å². The Balaban J connectivity index is 1.54. The van der Waals surface area contributed by atoms with Gasteiger partial charge in [-0.25, -0.2) is 10.2 Å². The van der Waals surface area contributed by atoms with Crippen LogP contribution in [0.5, 0.6) is 23.0 Å². The predicted octanol–water partition coefficient (Wildman–Crippen LogP) is 4.25. The van der Waals surface area contributed by atoms with E-state index >= 15 is 0 Å². The highest BCUT2D eigenvalue weighted by molar-refractivity contribution is 5.95. The Morgan fingerprint density at radius 3 is 2.18 bits per heavy atom. The van der Waals surface area contributed by atoms with E-state index in [1.807, 2.05) is 0 Å². The van der Waals surface area contributed by atoms with E-state index in [1.165, 1.54) is 20.4 Å². The Morgan fingerprint density at radius 1 is 0.882 bits per heavy atom. The van der Waals surface area contributed by atoms with Gasteiger partial charge in [0.1, 0.15) is 18.1 Å². The summed E-state index contributed by atoms with van der Waals surface area (Å²) in [6, 6.07) is 18.1. The number of benzene rings is 3. The Labute approximate surface area is 197 Å². The summed E-state index contributed by atoms with van der Waals surface area (Å²) in [4.78, 5) is 24.6. The van der Waals surface area contributed by atoms with Crippen LogP contribution < -0.4 is 24.4 Å². The van der Waals surface area contributed by atoms with Crippen molar-refractivity contribution < 1.29 is 28.5 Å². The van der Waals surface area contributed by atoms with Gasteiger partial charge in [-0.3, -0.25) is 4.79 Å². The third kappa shape index (κ3) is 6.46. The first-order chi connectivity index (χ1) is 16.5. The second kappa shape index (κ2) is 11.9. The molecule has 8 heteroatoms. The maximum Gasteiger partial charge on any atom is 0.343 e. The van der Waals surface area contributed by atoms with Gasteiger partial charge in [-0.1, -0.05) is 12.7 Å². The first-order valence-corrected chi connectivity index (χ1v) is 10.3. The van der Waals surface area contributed by atoms with Crippen LogP contribution in [0.2, 0.25) is 0 Å². The average Bonchev–Trinajstić information content (AvgIpc) is 2.88. The number of hydrazone groups is 1. The molecule has 1 N–H and O–H groups in total. The first kappa shape index (κ1) is 24.1. The Hall–Kier alpha value is -4.59. The molecular formula is C26H24N2O6. The lowest BCUT2D eigenvalue weighted by molar-refractivity contribution is 0.0734. The van der Waals surface area contributed by atoms with Crippen molar-refractivity contribution in [1.82, 2.24) is 5.43 Å². The predicted molar refractivity (Wildman–Crippen MR) is 128 cm³/mol. The Morgan fingerprint density at radius 2 is 1.53 bits per heavy atom. The topological polar surface area (TPSA) is 95.5 Å². The van der Waals surface area contributed by atoms with Gasteiger partial charge in [0, 0.05) is 5.56 Å². The van der Waals surface area contributed by atoms with Crippen molar-refractivity contribution in [3.63, 3.8) is 0 Å². The number of esters is 1. The number of methoxy groups -OCH3 is 2. The molecular weight excluding hydrogens is 436 g/mol. The smallest absolute Gasteiger partial charge is 0.343 e. The zero-order valence-corrected chi connectivity index (χ0v) is 18.8. The molecule has 0 aromatic heterocycles. The third-order valence-electron chi connectivity index (χ3n) is 4.57. The SMILES string of the molecule is C=CCOc1ccc(C(=O)N/N=C\c2ccc(OC(=O)c3ccc(OC)c(OC)c3)cc2)cc1. The highest BCUT2D eigenvalue weighted by Crippen LogP contribution is 2.28. The van der Waals surface area contributed by atoms with Gasteiger partial charge < -0.3 is 18.9 Å². The lowest BCUT2D eigenvalue weighted by atomic mass is 10.2. The van der Waals surface area contributed by atoms with Crippen LogP contribution in [0, 0.1) is 0 Å². The van der Waals surface area contributed by atoms with Crippen LogP contribution in [-0.4, -0.2) is 38.9 Å². The molecule has 34 heavy (non-hydrogen) atoms. The van der Waals surface area contributed by atoms with Gasteiger partial charge in [0.2, 0.25) is 0 Å². The highest BCUT2D eigenvalue weighted by Gasteiger charge is 2.13. The van der Waals surface area contributed by atoms with Crippen LogP contribution >= 0.6 is 0 Å². The Kier molecular flexibility index (Phi) is 8.40. The quantitative estimate of drug-likeness (QED) is 0.160. The van der Waals surface area contributed by atoms with Gasteiger partial charge >= 0.3 is 5.97 Å². The lowest BCUT2D eigenvalue weighted by Crippen LogP contribution is -2.17. The van der Waals surface area contributed by atoms with E-state index in [1.54, 1.807) is 72.8 Å². The zero-order valence-electron chi connectivity index (χ0n) is 18.8. The van der Waals surface area contributed by atoms with Crippen molar-refractivity contribution in [3.8, 4) is 23.0 Å². The average molecular weight is 460 g/mol. The van der Waals surface area contributed by atoms with Crippen molar-refractivity contribution in [2.45, 2.75) is 0 Å². The number of amides is 1. The van der Waals surface area contributed by atoms with E-state index in [-0.39, 0.29) is 5.91 Å². The molecule has 0 saturated heterocycles. The van der Waals surface area contributed by atoms with Crippen molar-refractivity contribution in [2.24, 2.45) is 5.10 Å². The highest BCUT2D eigenvalue weighted by atomic mass is 16.5. The number of hydrogen-bond donors (Lipinski definition) is 1. The molecule has 0 aliphatic heterocycles. The number of carbonyl (C=O) groups is 2. The fourth-order valence-electron chi connectivity index (χ4n) is 2.84. The molecule has 0 bridgehead atoms. The van der Waals surface area contributed by atoms with Crippen LogP contribution in [0.25, 0.3) is 0 Å². The first-order valence-electron chi connectivity index (χ1n) is 10.3. The van der Waals surface area contributed by atoms with Gasteiger partial charge in [0.15, 0.2) is 11.5 Å². The van der Waals surface area contributed by atoms with Crippen molar-refractivity contribution in [3.05, 3.63) is 96.1 Å². The molecule has 0 radical (unpaired) electrons. The van der Waals surface area contributed by atoms with E-state index in [0.29, 0.717) is 46.3 Å². The number of ether oxygens (including phenoxy) is 4. The fourth-order valence-corrected chi connectivity index (χ4v) is 2.84. The fraction of sp³-hybridized carbons (Fsp3) is 0.115. The monoisotopic (exact) mass is 460 g/mol. The van der Waals surface area contributed by atoms with E-state index < -0.39 is 5.97 Å². The summed E-state index contributed by atoms with van der Waals surface area (Å²) in [5.74, 6) is 1.07. The van der Waals surface area contributed by atoms with Crippen LogP contribution in [0.1, 0.15) is 26.3 Å². The molecule has 3 aromatic rings. The standard InChI is InChI=1S/C26H24N2O6/c1-4-15-33-21-12-7-19(8-13-21)25(29)28-27-17-18-5-10-22(11-6-18)34-26(30)20-9-14-23(31-2)24(16-20)32-3/h4-14,16-17H,1,15H2,2-3H3,(H,28,29)/b27-17-. The Bertz CT molecular complexity index is 1170. The lowest BCUT2D eigenvalue weighted by Gasteiger charge is -2.09. The maximum absolute atomic E-state index is 12.4. The second-order valence-corrected chi connectivity index (χ2v) is 6.85. The molecule has 0 atom stereocenters. The maximum atomic E-state index is 12.4. The van der Waals surface area contributed by atoms with Gasteiger partial charge in [0.25, 0.3) is 5.91 Å². The normalized spacial score (nSPS) is 10.4. The summed E-state index contributed by atoms with van der Waals surface area (Å²) in [6.07, 6.45) is 3.13. The largest absolute Gasteiger partial charge is 0.493 e. The van der Waals surface area contributed by atoms with E-state index in [4.69, 9.17) is 18.9 Å². The zero-order chi connectivity index (χ0) is 24.3. The number of nitrogens with zero attached hydrogens (tertiary/aromatic N) is 1. The van der Waals surface area contributed by atoms with E-state index in [9.17, 15) is 9.59 Å². The molecule has 0 aliphatic carbocycles. The van der Waals surface area contributed by atoms with Crippen molar-refractivity contribution in [1.29, 1.82) is 0 Å². The van der Waals surface area contributed by atoms with Crippen molar-refractivity contribution in [2.75, 3.05) is 20.8 Å². The number of hydrogen-bond acceptors (Lipinski definition) is 7. The number of nitrogens with one attached hydrogen (secondary N) is 1. The van der Waals surface area contributed by atoms with Gasteiger partial charge in [-0.05, 0) is 72.3 Å². The third-order valence-corrected chi connectivity index (χ3v) is 4.57. The molecule has 0 aliphatic rings. The molecule has 174 valence electrons.